The van der Waals surface area contributed by atoms with Crippen molar-refractivity contribution in [1.82, 2.24) is 15.0 Å². The highest BCUT2D eigenvalue weighted by Gasteiger charge is 2.69. The normalized spacial score (nSPS) is 25.2. The number of carbonyl (C=O) groups excluding carboxylic acids is 2. The predicted octanol–water partition coefficient (Wildman–Crippen LogP) is 9.99. The number of rotatable bonds is 13. The molecule has 0 bridgehead atoms. The van der Waals surface area contributed by atoms with Gasteiger partial charge in [0, 0.05) is 34.7 Å². The number of fused-ring (bicyclic) bond motifs is 4. The van der Waals surface area contributed by atoms with Gasteiger partial charge in [0.15, 0.2) is 19.7 Å². The number of hydrogen-bond acceptors (Lipinski definition) is 10. The smallest absolute Gasteiger partial charge is 0.265 e. The molecule has 1 aromatic carbocycles. The molecule has 1 saturated heterocycles. The lowest BCUT2D eigenvalue weighted by molar-refractivity contribution is -0.140. The highest BCUT2D eigenvalue weighted by molar-refractivity contribution is 9.10. The first-order chi connectivity index (χ1) is 26.2. The van der Waals surface area contributed by atoms with Crippen LogP contribution in [0, 0.1) is 17.7 Å². The molecule has 4 aliphatic rings. The van der Waals surface area contributed by atoms with Crippen molar-refractivity contribution in [3.05, 3.63) is 43.9 Å². The minimum atomic E-state index is -2.90. The van der Waals surface area contributed by atoms with Crippen LogP contribution in [0.25, 0.3) is 5.76 Å². The third-order valence-electron chi connectivity index (χ3n) is 13.3. The van der Waals surface area contributed by atoms with Crippen molar-refractivity contribution >= 4 is 41.6 Å². The van der Waals surface area contributed by atoms with Gasteiger partial charge in [0.05, 0.1) is 29.3 Å². The van der Waals surface area contributed by atoms with Gasteiger partial charge in [-0.1, -0.05) is 53.9 Å². The minimum absolute atomic E-state index is 0.0473. The molecule has 4 atom stereocenters. The molecule has 2 fully saturated rings. The van der Waals surface area contributed by atoms with Crippen LogP contribution in [-0.2, 0) is 22.2 Å². The maximum Gasteiger partial charge on any atom is 0.265 e. The molecule has 1 N–H and O–H groups in total. The maximum atomic E-state index is 17.3. The van der Waals surface area contributed by atoms with Crippen LogP contribution in [0.1, 0.15) is 139 Å². The van der Waals surface area contributed by atoms with Gasteiger partial charge in [-0.3, -0.25) is 19.4 Å². The number of likely N-dealkylation sites (tertiary alicyclic amines) is 1. The molecule has 10 nitrogen and oxygen atoms in total. The van der Waals surface area contributed by atoms with Crippen molar-refractivity contribution in [2.45, 2.75) is 148 Å². The number of benzene rings is 1. The van der Waals surface area contributed by atoms with Gasteiger partial charge in [-0.15, -0.1) is 0 Å². The fourth-order valence-electron chi connectivity index (χ4n) is 9.04. The van der Waals surface area contributed by atoms with Gasteiger partial charge in [-0.05, 0) is 118 Å². The van der Waals surface area contributed by atoms with E-state index in [4.69, 9.17) is 18.4 Å². The lowest BCUT2D eigenvalue weighted by Crippen LogP contribution is -2.68. The second-order valence-electron chi connectivity index (χ2n) is 18.8. The van der Waals surface area contributed by atoms with E-state index in [1.807, 2.05) is 39.0 Å². The van der Waals surface area contributed by atoms with Crippen molar-refractivity contribution in [1.29, 1.82) is 0 Å². The summed E-state index contributed by atoms with van der Waals surface area (Å²) >= 11 is 3.75. The molecule has 2 heterocycles. The molecule has 1 saturated carbocycles. The van der Waals surface area contributed by atoms with Crippen LogP contribution < -0.4 is 9.47 Å². The van der Waals surface area contributed by atoms with Crippen molar-refractivity contribution in [2.75, 3.05) is 33.9 Å². The fraction of sp³-hybridized carbons (Fsp3) is 0.698. The van der Waals surface area contributed by atoms with Gasteiger partial charge in [-0.25, -0.2) is 4.39 Å². The van der Waals surface area contributed by atoms with E-state index in [9.17, 15) is 5.11 Å². The zero-order valence-corrected chi connectivity index (χ0v) is 38.0. The summed E-state index contributed by atoms with van der Waals surface area (Å²) < 4.78 is 43.5. The second kappa shape index (κ2) is 15.9. The van der Waals surface area contributed by atoms with Gasteiger partial charge >= 0.3 is 0 Å². The van der Waals surface area contributed by atoms with Crippen LogP contribution in [0.15, 0.2) is 14.6 Å². The Labute approximate surface area is 342 Å². The maximum absolute atomic E-state index is 17.3. The van der Waals surface area contributed by atoms with E-state index in [-0.39, 0.29) is 51.8 Å². The molecule has 0 unspecified atom stereocenters. The summed E-state index contributed by atoms with van der Waals surface area (Å²) in [5.41, 5.74) is -0.943. The number of halogens is 2. The van der Waals surface area contributed by atoms with E-state index < -0.39 is 49.2 Å². The Morgan fingerprint density at radius 3 is 2.32 bits per heavy atom. The van der Waals surface area contributed by atoms with Gasteiger partial charge in [0.25, 0.3) is 5.88 Å². The van der Waals surface area contributed by atoms with E-state index in [1.165, 1.54) is 0 Å². The van der Waals surface area contributed by atoms with Crippen LogP contribution in [0.5, 0.6) is 11.6 Å². The van der Waals surface area contributed by atoms with Gasteiger partial charge in [0.2, 0.25) is 11.6 Å². The summed E-state index contributed by atoms with van der Waals surface area (Å²) in [6.07, 6.45) is 6.83. The van der Waals surface area contributed by atoms with E-state index in [1.54, 1.807) is 0 Å². The third kappa shape index (κ3) is 7.13. The molecule has 0 radical (unpaired) electrons. The highest BCUT2D eigenvalue weighted by atomic mass is 79.9. The van der Waals surface area contributed by atoms with Crippen molar-refractivity contribution in [3.8, 4) is 11.6 Å². The zero-order chi connectivity index (χ0) is 41.1. The molecular weight excluding hydrogens is 797 g/mol. The summed E-state index contributed by atoms with van der Waals surface area (Å²) in [6.45, 7) is 20.7. The number of hydrogen-bond donors (Lipinski definition) is 1. The molecular formula is C43H63BrFN3O7Si. The summed E-state index contributed by atoms with van der Waals surface area (Å²) in [5, 5.41) is 16.4. The summed E-state index contributed by atoms with van der Waals surface area (Å²) in [6, 6.07) is -0.600. The number of Topliss-reactive ketones (excluding diaryl/α,β-unsaturated/α-hetero) is 2. The van der Waals surface area contributed by atoms with Crippen molar-refractivity contribution < 1.29 is 37.5 Å². The lowest BCUT2D eigenvalue weighted by atomic mass is 9.57. The fourth-order valence-corrected chi connectivity index (χ4v) is 11.1. The number of carbonyl (C=O) groups is 2. The topological polar surface area (TPSA) is 115 Å². The number of ether oxygens (including phenoxy) is 2. The van der Waals surface area contributed by atoms with Crippen molar-refractivity contribution in [3.63, 3.8) is 0 Å². The molecule has 0 spiro atoms. The Morgan fingerprint density at radius 2 is 1.71 bits per heavy atom. The average Bonchev–Trinajstić information content (AvgIpc) is 3.52. The van der Waals surface area contributed by atoms with Crippen LogP contribution in [0.2, 0.25) is 18.1 Å². The summed E-state index contributed by atoms with van der Waals surface area (Å²) in [5.74, 6) is -2.53. The number of piperidine rings is 1. The van der Waals surface area contributed by atoms with Crippen molar-refractivity contribution in [2.24, 2.45) is 11.8 Å². The number of aromatic nitrogens is 1. The Hall–Kier alpha value is -2.58. The molecule has 0 amide bonds. The van der Waals surface area contributed by atoms with E-state index >= 15 is 14.0 Å². The van der Waals surface area contributed by atoms with Gasteiger partial charge < -0.3 is 23.5 Å². The lowest BCUT2D eigenvalue weighted by Gasteiger charge is -2.55. The zero-order valence-electron chi connectivity index (χ0n) is 35.4. The standard InChI is InChI=1S/C43H63BrFN3O7Si/c1-12-14-20-52-36-30-26(33(45)27(32(36)44)24-48-19-17-16-18-42(48,6)7)22-25-23-28-34(47(8)9)37-31(40(46-54-37)53-21-15-13-2)39(51)43(28,38(50)29(25)35(30)49)55-56(10,11)41(3,4)5/h25,28,34,49H,12-24H2,1-11H3/t25-,28-,34-,43-/m0/s1. The molecule has 13 heteroatoms. The molecule has 2 aromatic rings. The first-order valence-electron chi connectivity index (χ1n) is 20.7. The third-order valence-corrected chi connectivity index (χ3v) is 18.6. The summed E-state index contributed by atoms with van der Waals surface area (Å²) in [4.78, 5) is 35.4. The second-order valence-corrected chi connectivity index (χ2v) is 24.3. The molecule has 56 heavy (non-hydrogen) atoms. The quantitative estimate of drug-likeness (QED) is 0.119. The number of aliphatic hydroxyl groups is 1. The van der Waals surface area contributed by atoms with Gasteiger partial charge in [0.1, 0.15) is 22.9 Å². The number of ketones is 2. The molecule has 1 aromatic heterocycles. The van der Waals surface area contributed by atoms with E-state index in [2.05, 4.69) is 67.5 Å². The first-order valence-corrected chi connectivity index (χ1v) is 24.4. The Bertz CT molecular complexity index is 1880. The predicted molar refractivity (Wildman–Crippen MR) is 221 cm³/mol. The van der Waals surface area contributed by atoms with Gasteiger partial charge in [-0.2, -0.15) is 0 Å². The SMILES string of the molecule is CCCCOc1noc2c1C(=O)[C@@]1(O[Si](C)(C)C(C)(C)C)C(=O)C3=C(O)c4c(c(F)c(CN5CCCCC5(C)C)c(Br)c4OCCCC)C[C@H]3C[C@H]1[C@@H]2N(C)C. The Balaban J connectivity index is 1.58. The minimum Gasteiger partial charge on any atom is -0.507 e. The van der Waals surface area contributed by atoms with Crippen LogP contribution >= 0.6 is 15.9 Å². The monoisotopic (exact) mass is 859 g/mol. The average molecular weight is 861 g/mol. The molecule has 310 valence electrons. The first kappa shape index (κ1) is 43.0. The Morgan fingerprint density at radius 1 is 1.05 bits per heavy atom. The van der Waals surface area contributed by atoms with Crippen LogP contribution in [-0.4, -0.2) is 84.9 Å². The Kier molecular flexibility index (Phi) is 12.2. The molecule has 6 rings (SSSR count). The number of unbranched alkanes of at least 4 members (excludes halogenated alkanes) is 2. The number of nitrogens with zero attached hydrogens (tertiary/aromatic N) is 3. The van der Waals surface area contributed by atoms with Crippen LogP contribution in [0.4, 0.5) is 4.39 Å². The van der Waals surface area contributed by atoms with E-state index in [0.717, 1.165) is 51.5 Å². The van der Waals surface area contributed by atoms with Crippen LogP contribution in [0.3, 0.4) is 0 Å². The molecule has 1 aliphatic heterocycles. The largest absolute Gasteiger partial charge is 0.507 e. The van der Waals surface area contributed by atoms with E-state index in [0.29, 0.717) is 46.9 Å². The highest BCUT2D eigenvalue weighted by Crippen LogP contribution is 2.60. The number of aliphatic hydroxyl groups excluding tert-OH is 1. The molecule has 3 aliphatic carbocycles. The summed E-state index contributed by atoms with van der Waals surface area (Å²) in [7, 11) is 0.869.